The molecule has 1 aliphatic heterocycles. The van der Waals surface area contributed by atoms with Crippen LogP contribution in [-0.4, -0.2) is 29.2 Å². The Labute approximate surface area is 126 Å². The molecule has 0 bridgehead atoms. The lowest BCUT2D eigenvalue weighted by atomic mass is 10.00. The molecule has 0 unspecified atom stereocenters. The molecule has 0 radical (unpaired) electrons. The summed E-state index contributed by atoms with van der Waals surface area (Å²) in [5.41, 5.74) is 3.44. The Morgan fingerprint density at radius 2 is 2.05 bits per heavy atom. The highest BCUT2D eigenvalue weighted by Crippen LogP contribution is 2.24. The molecule has 114 valence electrons. The molecule has 0 saturated carbocycles. The van der Waals surface area contributed by atoms with Crippen molar-refractivity contribution in [1.82, 2.24) is 15.3 Å². The third-order valence-corrected chi connectivity index (χ3v) is 4.25. The van der Waals surface area contributed by atoms with Crippen molar-refractivity contribution in [3.05, 3.63) is 29.6 Å². The predicted molar refractivity (Wildman–Crippen MR) is 85.4 cm³/mol. The number of fused-ring (bicyclic) bond motifs is 1. The van der Waals surface area contributed by atoms with Gasteiger partial charge in [0.2, 0.25) is 0 Å². The van der Waals surface area contributed by atoms with Crippen LogP contribution in [-0.2, 0) is 4.74 Å². The molecule has 1 aromatic carbocycles. The fourth-order valence-electron chi connectivity index (χ4n) is 3.00. The first-order valence-electron chi connectivity index (χ1n) is 7.93. The van der Waals surface area contributed by atoms with E-state index in [0.717, 1.165) is 42.9 Å². The van der Waals surface area contributed by atoms with Crippen molar-refractivity contribution in [2.45, 2.75) is 45.7 Å². The number of hydrogen-bond donors (Lipinski definition) is 2. The molecule has 1 aliphatic rings. The molecule has 1 saturated heterocycles. The van der Waals surface area contributed by atoms with Gasteiger partial charge in [-0.1, -0.05) is 19.9 Å². The van der Waals surface area contributed by atoms with Crippen LogP contribution in [0.25, 0.3) is 11.0 Å². The highest BCUT2D eigenvalue weighted by atomic mass is 16.5. The van der Waals surface area contributed by atoms with Gasteiger partial charge in [0.05, 0.1) is 17.1 Å². The van der Waals surface area contributed by atoms with E-state index >= 15 is 0 Å². The summed E-state index contributed by atoms with van der Waals surface area (Å²) >= 11 is 0. The summed E-state index contributed by atoms with van der Waals surface area (Å²) in [5.74, 6) is 1.55. The second-order valence-electron chi connectivity index (χ2n) is 6.42. The van der Waals surface area contributed by atoms with E-state index in [1.807, 2.05) is 0 Å². The molecule has 4 nitrogen and oxygen atoms in total. The van der Waals surface area contributed by atoms with E-state index in [1.54, 1.807) is 0 Å². The summed E-state index contributed by atoms with van der Waals surface area (Å²) in [6, 6.07) is 7.17. The molecular weight excluding hydrogens is 262 g/mol. The number of aromatic amines is 1. The van der Waals surface area contributed by atoms with Gasteiger partial charge in [-0.25, -0.2) is 4.98 Å². The first-order chi connectivity index (χ1) is 10.1. The van der Waals surface area contributed by atoms with Gasteiger partial charge in [0, 0.05) is 19.3 Å². The summed E-state index contributed by atoms with van der Waals surface area (Å²) in [7, 11) is 0. The lowest BCUT2D eigenvalue weighted by Crippen LogP contribution is -2.39. The van der Waals surface area contributed by atoms with Crippen LogP contribution < -0.4 is 5.32 Å². The smallest absolute Gasteiger partial charge is 0.124 e. The Kier molecular flexibility index (Phi) is 4.27. The van der Waals surface area contributed by atoms with E-state index in [9.17, 15) is 0 Å². The Balaban J connectivity index is 1.84. The van der Waals surface area contributed by atoms with Crippen molar-refractivity contribution >= 4 is 11.0 Å². The van der Waals surface area contributed by atoms with Crippen LogP contribution in [0.5, 0.6) is 0 Å². The molecule has 0 spiro atoms. The number of aryl methyl sites for hydroxylation is 1. The van der Waals surface area contributed by atoms with Gasteiger partial charge in [0.1, 0.15) is 5.82 Å². The zero-order valence-electron chi connectivity index (χ0n) is 13.1. The van der Waals surface area contributed by atoms with Crippen molar-refractivity contribution in [3.8, 4) is 0 Å². The molecule has 3 rings (SSSR count). The number of aromatic nitrogens is 2. The topological polar surface area (TPSA) is 49.9 Å². The number of imidazole rings is 1. The number of rotatable bonds is 4. The molecule has 2 aromatic rings. The van der Waals surface area contributed by atoms with E-state index in [4.69, 9.17) is 9.72 Å². The Morgan fingerprint density at radius 3 is 2.76 bits per heavy atom. The monoisotopic (exact) mass is 287 g/mol. The fourth-order valence-corrected chi connectivity index (χ4v) is 3.00. The van der Waals surface area contributed by atoms with Gasteiger partial charge >= 0.3 is 0 Å². The first kappa shape index (κ1) is 14.5. The van der Waals surface area contributed by atoms with Crippen LogP contribution in [0, 0.1) is 12.8 Å². The Morgan fingerprint density at radius 1 is 1.29 bits per heavy atom. The minimum Gasteiger partial charge on any atom is -0.381 e. The normalized spacial score (nSPS) is 18.5. The molecule has 0 amide bonds. The SMILES string of the molecule is Cc1ccc2nc([C@H](NC3CCOCC3)C(C)C)[nH]c2c1. The van der Waals surface area contributed by atoms with Crippen LogP contribution >= 0.6 is 0 Å². The average Bonchev–Trinajstić information content (AvgIpc) is 2.88. The van der Waals surface area contributed by atoms with E-state index < -0.39 is 0 Å². The van der Waals surface area contributed by atoms with Crippen LogP contribution in [0.1, 0.15) is 44.1 Å². The quantitative estimate of drug-likeness (QED) is 0.907. The highest BCUT2D eigenvalue weighted by molar-refractivity contribution is 5.75. The molecule has 21 heavy (non-hydrogen) atoms. The van der Waals surface area contributed by atoms with E-state index in [1.165, 1.54) is 5.56 Å². The van der Waals surface area contributed by atoms with Crippen LogP contribution in [0.2, 0.25) is 0 Å². The van der Waals surface area contributed by atoms with Gasteiger partial charge in [-0.3, -0.25) is 0 Å². The third-order valence-electron chi connectivity index (χ3n) is 4.25. The largest absolute Gasteiger partial charge is 0.381 e. The first-order valence-corrected chi connectivity index (χ1v) is 7.93. The molecule has 4 heteroatoms. The van der Waals surface area contributed by atoms with Crippen molar-refractivity contribution in [3.63, 3.8) is 0 Å². The standard InChI is InChI=1S/C17H25N3O/c1-11(2)16(18-13-6-8-21-9-7-13)17-19-14-5-4-12(3)10-15(14)20-17/h4-5,10-11,13,16,18H,6-9H2,1-3H3,(H,19,20)/t16-/m1/s1. The third kappa shape index (κ3) is 3.27. The van der Waals surface area contributed by atoms with Gasteiger partial charge in [-0.2, -0.15) is 0 Å². The molecule has 2 N–H and O–H groups in total. The molecule has 0 aliphatic carbocycles. The summed E-state index contributed by atoms with van der Waals surface area (Å²) in [6.07, 6.45) is 2.17. The zero-order chi connectivity index (χ0) is 14.8. The molecule has 2 heterocycles. The Hall–Kier alpha value is -1.39. The maximum Gasteiger partial charge on any atom is 0.124 e. The lowest BCUT2D eigenvalue weighted by molar-refractivity contribution is 0.0724. The predicted octanol–water partition coefficient (Wildman–Crippen LogP) is 3.34. The molecule has 1 fully saturated rings. The molecule has 1 atom stereocenters. The summed E-state index contributed by atoms with van der Waals surface area (Å²) in [5, 5.41) is 3.77. The second kappa shape index (κ2) is 6.16. The molecular formula is C17H25N3O. The second-order valence-corrected chi connectivity index (χ2v) is 6.42. The summed E-state index contributed by atoms with van der Waals surface area (Å²) in [6.45, 7) is 8.33. The van der Waals surface area contributed by atoms with E-state index in [-0.39, 0.29) is 6.04 Å². The highest BCUT2D eigenvalue weighted by Gasteiger charge is 2.24. The lowest BCUT2D eigenvalue weighted by Gasteiger charge is -2.29. The summed E-state index contributed by atoms with van der Waals surface area (Å²) < 4.78 is 5.45. The summed E-state index contributed by atoms with van der Waals surface area (Å²) in [4.78, 5) is 8.29. The number of nitrogens with one attached hydrogen (secondary N) is 2. The van der Waals surface area contributed by atoms with Gasteiger partial charge in [0.15, 0.2) is 0 Å². The van der Waals surface area contributed by atoms with Gasteiger partial charge < -0.3 is 15.0 Å². The average molecular weight is 287 g/mol. The fraction of sp³-hybridized carbons (Fsp3) is 0.588. The number of H-pyrrole nitrogens is 1. The minimum atomic E-state index is 0.265. The maximum absolute atomic E-state index is 5.45. The van der Waals surface area contributed by atoms with Crippen molar-refractivity contribution in [2.75, 3.05) is 13.2 Å². The number of benzene rings is 1. The van der Waals surface area contributed by atoms with Gasteiger partial charge in [-0.05, 0) is 43.4 Å². The maximum atomic E-state index is 5.45. The van der Waals surface area contributed by atoms with Crippen LogP contribution in [0.4, 0.5) is 0 Å². The van der Waals surface area contributed by atoms with Crippen molar-refractivity contribution < 1.29 is 4.74 Å². The number of nitrogens with zero attached hydrogens (tertiary/aromatic N) is 1. The van der Waals surface area contributed by atoms with E-state index in [2.05, 4.69) is 49.3 Å². The number of ether oxygens (including phenoxy) is 1. The van der Waals surface area contributed by atoms with Crippen molar-refractivity contribution in [2.24, 2.45) is 5.92 Å². The minimum absolute atomic E-state index is 0.265. The molecule has 1 aromatic heterocycles. The zero-order valence-corrected chi connectivity index (χ0v) is 13.1. The van der Waals surface area contributed by atoms with Crippen molar-refractivity contribution in [1.29, 1.82) is 0 Å². The van der Waals surface area contributed by atoms with Gasteiger partial charge in [-0.15, -0.1) is 0 Å². The van der Waals surface area contributed by atoms with Crippen LogP contribution in [0.15, 0.2) is 18.2 Å². The van der Waals surface area contributed by atoms with Crippen LogP contribution in [0.3, 0.4) is 0 Å². The number of hydrogen-bond acceptors (Lipinski definition) is 3. The van der Waals surface area contributed by atoms with E-state index in [0.29, 0.717) is 12.0 Å². The van der Waals surface area contributed by atoms with Gasteiger partial charge in [0.25, 0.3) is 0 Å². The Bertz CT molecular complexity index is 599.